The Balaban J connectivity index is 1.84. The second kappa shape index (κ2) is 6.05. The number of aromatic nitrogens is 1. The van der Waals surface area contributed by atoms with E-state index in [0.717, 1.165) is 36.3 Å². The molecule has 2 unspecified atom stereocenters. The van der Waals surface area contributed by atoms with Gasteiger partial charge in [-0.25, -0.2) is 4.39 Å². The van der Waals surface area contributed by atoms with Crippen LogP contribution in [0.15, 0.2) is 42.7 Å². The first-order valence-corrected chi connectivity index (χ1v) is 7.70. The van der Waals surface area contributed by atoms with E-state index in [2.05, 4.69) is 24.1 Å². The molecular weight excluding hydrogens is 279 g/mol. The van der Waals surface area contributed by atoms with Gasteiger partial charge in [-0.15, -0.1) is 0 Å². The van der Waals surface area contributed by atoms with Gasteiger partial charge in [0.2, 0.25) is 0 Å². The van der Waals surface area contributed by atoms with Crippen LogP contribution in [0.1, 0.15) is 43.9 Å². The number of fused-ring (bicyclic) bond motifs is 1. The van der Waals surface area contributed by atoms with Gasteiger partial charge in [0.15, 0.2) is 0 Å². The normalized spacial score (nSPS) is 23.7. The fraction of sp³-hybridized carbons (Fsp3) is 0.389. The Hall–Kier alpha value is -1.94. The lowest BCUT2D eigenvalue weighted by molar-refractivity contribution is 0.0437. The first-order chi connectivity index (χ1) is 10.6. The highest BCUT2D eigenvalue weighted by Crippen LogP contribution is 2.41. The number of pyridine rings is 1. The second-order valence-corrected chi connectivity index (χ2v) is 6.08. The zero-order valence-corrected chi connectivity index (χ0v) is 13.0. The van der Waals surface area contributed by atoms with Gasteiger partial charge in [-0.3, -0.25) is 4.98 Å². The Morgan fingerprint density at radius 3 is 2.82 bits per heavy atom. The van der Waals surface area contributed by atoms with E-state index >= 15 is 0 Å². The van der Waals surface area contributed by atoms with E-state index < -0.39 is 0 Å². The molecule has 2 aromatic rings. The van der Waals surface area contributed by atoms with Crippen LogP contribution in [0.2, 0.25) is 0 Å². The molecular formula is C18H21FN2O. The van der Waals surface area contributed by atoms with E-state index in [1.54, 1.807) is 24.5 Å². The molecule has 0 saturated carbocycles. The van der Waals surface area contributed by atoms with Crippen molar-refractivity contribution in [1.29, 1.82) is 0 Å². The number of hydrogen-bond donors (Lipinski definition) is 1. The number of nitrogens with zero attached hydrogens (tertiary/aromatic N) is 1. The largest absolute Gasteiger partial charge is 0.487 e. The molecule has 3 nitrogen and oxygen atoms in total. The van der Waals surface area contributed by atoms with Gasteiger partial charge >= 0.3 is 0 Å². The van der Waals surface area contributed by atoms with Crippen LogP contribution in [0.3, 0.4) is 0 Å². The molecule has 1 N–H and O–H groups in total. The van der Waals surface area contributed by atoms with Crippen LogP contribution in [-0.2, 0) is 6.54 Å². The average Bonchev–Trinajstić information content (AvgIpc) is 2.54. The summed E-state index contributed by atoms with van der Waals surface area (Å²) in [6.45, 7) is 4.96. The van der Waals surface area contributed by atoms with Crippen LogP contribution in [0, 0.1) is 5.82 Å². The molecule has 116 valence electrons. The van der Waals surface area contributed by atoms with Crippen molar-refractivity contribution in [2.75, 3.05) is 0 Å². The van der Waals surface area contributed by atoms with Crippen molar-refractivity contribution in [1.82, 2.24) is 10.3 Å². The van der Waals surface area contributed by atoms with Gasteiger partial charge in [0.25, 0.3) is 0 Å². The molecule has 3 rings (SSSR count). The van der Waals surface area contributed by atoms with Gasteiger partial charge in [-0.1, -0.05) is 6.92 Å². The van der Waals surface area contributed by atoms with Gasteiger partial charge in [0.05, 0.1) is 0 Å². The van der Waals surface area contributed by atoms with Crippen molar-refractivity contribution < 1.29 is 9.13 Å². The summed E-state index contributed by atoms with van der Waals surface area (Å²) in [6.07, 6.45) is 5.30. The zero-order valence-electron chi connectivity index (χ0n) is 13.0. The molecule has 0 aliphatic carbocycles. The van der Waals surface area contributed by atoms with Crippen LogP contribution in [0.25, 0.3) is 0 Å². The lowest BCUT2D eigenvalue weighted by Crippen LogP contribution is -2.41. The van der Waals surface area contributed by atoms with Crippen LogP contribution in [0.5, 0.6) is 5.75 Å². The highest BCUT2D eigenvalue weighted by Gasteiger charge is 2.35. The van der Waals surface area contributed by atoms with Gasteiger partial charge in [-0.05, 0) is 49.2 Å². The molecule has 4 heteroatoms. The summed E-state index contributed by atoms with van der Waals surface area (Å²) in [7, 11) is 0. The minimum absolute atomic E-state index is 0.0811. The van der Waals surface area contributed by atoms with E-state index in [1.807, 2.05) is 12.1 Å². The highest BCUT2D eigenvalue weighted by atomic mass is 19.1. The highest BCUT2D eigenvalue weighted by molar-refractivity contribution is 5.39. The Morgan fingerprint density at radius 2 is 2.09 bits per heavy atom. The first kappa shape index (κ1) is 15.0. The molecule has 0 spiro atoms. The van der Waals surface area contributed by atoms with E-state index in [4.69, 9.17) is 4.74 Å². The second-order valence-electron chi connectivity index (χ2n) is 6.08. The molecule has 1 aliphatic heterocycles. The molecule has 2 heterocycles. The van der Waals surface area contributed by atoms with E-state index in [0.29, 0.717) is 0 Å². The number of benzene rings is 1. The molecule has 1 aliphatic rings. The minimum Gasteiger partial charge on any atom is -0.487 e. The fourth-order valence-corrected chi connectivity index (χ4v) is 2.87. The smallest absolute Gasteiger partial charge is 0.125 e. The number of ether oxygens (including phenoxy) is 1. The third-order valence-electron chi connectivity index (χ3n) is 4.39. The predicted octanol–water partition coefficient (Wildman–Crippen LogP) is 4.00. The third kappa shape index (κ3) is 3.12. The summed E-state index contributed by atoms with van der Waals surface area (Å²) in [6, 6.07) is 8.82. The Labute approximate surface area is 130 Å². The van der Waals surface area contributed by atoms with Crippen molar-refractivity contribution >= 4 is 0 Å². The van der Waals surface area contributed by atoms with Crippen molar-refractivity contribution in [3.8, 4) is 5.75 Å². The summed E-state index contributed by atoms with van der Waals surface area (Å²) in [4.78, 5) is 4.03. The quantitative estimate of drug-likeness (QED) is 0.926. The van der Waals surface area contributed by atoms with Gasteiger partial charge in [0, 0.05) is 37.0 Å². The summed E-state index contributed by atoms with van der Waals surface area (Å²) < 4.78 is 19.7. The zero-order chi connectivity index (χ0) is 15.6. The first-order valence-electron chi connectivity index (χ1n) is 7.70. The fourth-order valence-electron chi connectivity index (χ4n) is 2.87. The topological polar surface area (TPSA) is 34.2 Å². The van der Waals surface area contributed by atoms with Gasteiger partial charge in [0.1, 0.15) is 17.2 Å². The maximum Gasteiger partial charge on any atom is 0.125 e. The van der Waals surface area contributed by atoms with Gasteiger partial charge < -0.3 is 10.1 Å². The molecule has 2 atom stereocenters. The molecule has 0 radical (unpaired) electrons. The molecule has 0 amide bonds. The van der Waals surface area contributed by atoms with Crippen LogP contribution < -0.4 is 10.1 Å². The summed E-state index contributed by atoms with van der Waals surface area (Å²) in [5.41, 5.74) is 1.85. The van der Waals surface area contributed by atoms with Crippen LogP contribution in [-0.4, -0.2) is 10.6 Å². The summed E-state index contributed by atoms with van der Waals surface area (Å²) in [5.74, 6) is 0.558. The van der Waals surface area contributed by atoms with Crippen LogP contribution >= 0.6 is 0 Å². The Kier molecular flexibility index (Phi) is 4.12. The number of halogens is 1. The molecule has 1 aromatic heterocycles. The van der Waals surface area contributed by atoms with E-state index in [1.165, 1.54) is 6.07 Å². The van der Waals surface area contributed by atoms with E-state index in [-0.39, 0.29) is 17.5 Å². The van der Waals surface area contributed by atoms with Crippen molar-refractivity contribution in [3.63, 3.8) is 0 Å². The molecule has 0 bridgehead atoms. The predicted molar refractivity (Wildman–Crippen MR) is 84.2 cm³/mol. The Bertz CT molecular complexity index is 647. The SMILES string of the molecule is CCC1(C)CC(NCc2ccncc2)c2cc(F)ccc2O1. The summed E-state index contributed by atoms with van der Waals surface area (Å²) >= 11 is 0. The molecule has 22 heavy (non-hydrogen) atoms. The monoisotopic (exact) mass is 300 g/mol. The minimum atomic E-state index is -0.224. The lowest BCUT2D eigenvalue weighted by Gasteiger charge is -2.40. The van der Waals surface area contributed by atoms with Crippen LogP contribution in [0.4, 0.5) is 4.39 Å². The number of nitrogens with one attached hydrogen (secondary N) is 1. The summed E-state index contributed by atoms with van der Waals surface area (Å²) in [5, 5.41) is 3.54. The average molecular weight is 300 g/mol. The van der Waals surface area contributed by atoms with Gasteiger partial charge in [-0.2, -0.15) is 0 Å². The molecule has 0 saturated heterocycles. The molecule has 0 fully saturated rings. The Morgan fingerprint density at radius 1 is 1.32 bits per heavy atom. The van der Waals surface area contributed by atoms with Crippen molar-refractivity contribution in [2.24, 2.45) is 0 Å². The third-order valence-corrected chi connectivity index (χ3v) is 4.39. The molecule has 1 aromatic carbocycles. The standard InChI is InChI=1S/C18H21FN2O/c1-3-18(2)11-16(21-12-13-6-8-20-9-7-13)15-10-14(19)4-5-17(15)22-18/h4-10,16,21H,3,11-12H2,1-2H3. The lowest BCUT2D eigenvalue weighted by atomic mass is 9.86. The number of hydrogen-bond acceptors (Lipinski definition) is 3. The maximum atomic E-state index is 13.6. The van der Waals surface area contributed by atoms with Crippen molar-refractivity contribution in [2.45, 2.75) is 44.9 Å². The maximum absolute atomic E-state index is 13.6. The van der Waals surface area contributed by atoms with E-state index in [9.17, 15) is 4.39 Å². The van der Waals surface area contributed by atoms with Crippen molar-refractivity contribution in [3.05, 3.63) is 59.7 Å². The number of rotatable bonds is 4.